The molecule has 2 rings (SSSR count). The van der Waals surface area contributed by atoms with E-state index in [1.54, 1.807) is 12.1 Å². The van der Waals surface area contributed by atoms with Crippen LogP contribution in [-0.4, -0.2) is 10.8 Å². The second-order valence-electron chi connectivity index (χ2n) is 3.62. The maximum Gasteiger partial charge on any atom is 0.219 e. The van der Waals surface area contributed by atoms with Gasteiger partial charge in [-0.3, -0.25) is 4.79 Å². The Labute approximate surface area is 112 Å². The molecule has 92 valence electrons. The van der Waals surface area contributed by atoms with Gasteiger partial charge in [0.05, 0.1) is 4.47 Å². The van der Waals surface area contributed by atoms with Gasteiger partial charge in [-0.15, -0.1) is 0 Å². The van der Waals surface area contributed by atoms with E-state index in [4.69, 9.17) is 4.74 Å². The van der Waals surface area contributed by atoms with Gasteiger partial charge in [0.15, 0.2) is 5.78 Å². The average Bonchev–Trinajstić information content (AvgIpc) is 2.33. The van der Waals surface area contributed by atoms with Gasteiger partial charge in [0, 0.05) is 17.8 Å². The summed E-state index contributed by atoms with van der Waals surface area (Å²) in [7, 11) is 0. The van der Waals surface area contributed by atoms with Gasteiger partial charge >= 0.3 is 0 Å². The largest absolute Gasteiger partial charge is 0.438 e. The molecule has 0 radical (unpaired) electrons. The third-order valence-corrected chi connectivity index (χ3v) is 2.87. The quantitative estimate of drug-likeness (QED) is 0.805. The van der Waals surface area contributed by atoms with Crippen LogP contribution < -0.4 is 4.74 Å². The highest BCUT2D eigenvalue weighted by atomic mass is 79.9. The first-order valence-corrected chi connectivity index (χ1v) is 5.95. The molecule has 0 fully saturated rings. The van der Waals surface area contributed by atoms with E-state index in [0.717, 1.165) is 0 Å². The molecule has 0 amide bonds. The highest BCUT2D eigenvalue weighted by Gasteiger charge is 2.06. The minimum absolute atomic E-state index is 0.0583. The fourth-order valence-corrected chi connectivity index (χ4v) is 1.75. The number of ketones is 1. The monoisotopic (exact) mass is 309 g/mol. The molecule has 5 heteroatoms. The van der Waals surface area contributed by atoms with Crippen LogP contribution in [0.3, 0.4) is 0 Å². The lowest BCUT2D eigenvalue weighted by atomic mass is 10.2. The van der Waals surface area contributed by atoms with Crippen molar-refractivity contribution < 1.29 is 13.9 Å². The average molecular weight is 310 g/mol. The molecule has 0 aliphatic heterocycles. The van der Waals surface area contributed by atoms with Crippen LogP contribution in [0.25, 0.3) is 0 Å². The molecule has 0 N–H and O–H groups in total. The van der Waals surface area contributed by atoms with Gasteiger partial charge in [-0.2, -0.15) is 0 Å². The highest BCUT2D eigenvalue weighted by Crippen LogP contribution is 2.29. The molecule has 1 aromatic heterocycles. The Balaban J connectivity index is 2.21. The third-order valence-electron chi connectivity index (χ3n) is 2.25. The van der Waals surface area contributed by atoms with Crippen molar-refractivity contribution >= 4 is 21.7 Å². The molecule has 2 aromatic rings. The van der Waals surface area contributed by atoms with Gasteiger partial charge < -0.3 is 4.74 Å². The number of nitrogens with zero attached hydrogens (tertiary/aromatic N) is 1. The molecule has 3 nitrogen and oxygen atoms in total. The van der Waals surface area contributed by atoms with Crippen LogP contribution in [-0.2, 0) is 0 Å². The number of carbonyl (C=O) groups is 1. The summed E-state index contributed by atoms with van der Waals surface area (Å²) in [6, 6.07) is 7.32. The Morgan fingerprint density at radius 2 is 2.11 bits per heavy atom. The predicted molar refractivity (Wildman–Crippen MR) is 68.4 cm³/mol. The van der Waals surface area contributed by atoms with E-state index in [9.17, 15) is 9.18 Å². The van der Waals surface area contributed by atoms with E-state index in [0.29, 0.717) is 21.7 Å². The first-order valence-electron chi connectivity index (χ1n) is 5.16. The van der Waals surface area contributed by atoms with E-state index in [2.05, 4.69) is 20.9 Å². The summed E-state index contributed by atoms with van der Waals surface area (Å²) < 4.78 is 18.9. The number of benzene rings is 1. The zero-order valence-electron chi connectivity index (χ0n) is 9.48. The Hall–Kier alpha value is -1.75. The Morgan fingerprint density at radius 3 is 2.67 bits per heavy atom. The maximum atomic E-state index is 12.9. The molecule has 0 saturated heterocycles. The third kappa shape index (κ3) is 2.92. The Bertz CT molecular complexity index is 584. The van der Waals surface area contributed by atoms with Gasteiger partial charge in [0.2, 0.25) is 5.88 Å². The number of carbonyl (C=O) groups excluding carboxylic acids is 1. The molecule has 1 aromatic carbocycles. The van der Waals surface area contributed by atoms with Gasteiger partial charge in [-0.05, 0) is 47.1 Å². The molecule has 0 aliphatic carbocycles. The van der Waals surface area contributed by atoms with Crippen LogP contribution in [0, 0.1) is 5.82 Å². The molecule has 0 bridgehead atoms. The maximum absolute atomic E-state index is 12.9. The Morgan fingerprint density at radius 1 is 1.33 bits per heavy atom. The van der Waals surface area contributed by atoms with Gasteiger partial charge in [-0.1, -0.05) is 0 Å². The topological polar surface area (TPSA) is 39.2 Å². The fraction of sp³-hybridized carbons (Fsp3) is 0.0769. The van der Waals surface area contributed by atoms with Crippen molar-refractivity contribution in [1.82, 2.24) is 4.98 Å². The van der Waals surface area contributed by atoms with Crippen LogP contribution in [0.1, 0.15) is 17.3 Å². The van der Waals surface area contributed by atoms with E-state index in [-0.39, 0.29) is 11.6 Å². The number of Topliss-reactive ketones (excluding diaryl/α,β-unsaturated/α-hetero) is 1. The van der Waals surface area contributed by atoms with Crippen LogP contribution in [0.5, 0.6) is 11.6 Å². The van der Waals surface area contributed by atoms with Crippen LogP contribution in [0.2, 0.25) is 0 Å². The zero-order chi connectivity index (χ0) is 13.1. The lowest BCUT2D eigenvalue weighted by Crippen LogP contribution is -1.94. The zero-order valence-corrected chi connectivity index (χ0v) is 11.1. The lowest BCUT2D eigenvalue weighted by molar-refractivity contribution is 0.101. The van der Waals surface area contributed by atoms with Gasteiger partial charge in [0.25, 0.3) is 0 Å². The summed E-state index contributed by atoms with van der Waals surface area (Å²) in [6.07, 6.45) is 1.44. The van der Waals surface area contributed by atoms with Gasteiger partial charge in [0.1, 0.15) is 11.6 Å². The van der Waals surface area contributed by atoms with E-state index < -0.39 is 0 Å². The number of hydrogen-bond donors (Lipinski definition) is 0. The SMILES string of the molecule is CC(=O)c1ccc(Oc2ccc(F)cc2Br)nc1. The second-order valence-corrected chi connectivity index (χ2v) is 4.47. The second kappa shape index (κ2) is 5.27. The molecular formula is C13H9BrFNO2. The van der Waals surface area contributed by atoms with E-state index in [1.807, 2.05) is 0 Å². The predicted octanol–water partition coefficient (Wildman–Crippen LogP) is 3.98. The van der Waals surface area contributed by atoms with Crippen molar-refractivity contribution in [3.63, 3.8) is 0 Å². The molecule has 0 saturated carbocycles. The summed E-state index contributed by atoms with van der Waals surface area (Å²) in [6.45, 7) is 1.47. The van der Waals surface area contributed by atoms with Crippen molar-refractivity contribution in [3.05, 3.63) is 52.4 Å². The molecule has 0 aliphatic rings. The number of pyridine rings is 1. The summed E-state index contributed by atoms with van der Waals surface area (Å²) in [5.41, 5.74) is 0.514. The molecular weight excluding hydrogens is 301 g/mol. The number of hydrogen-bond acceptors (Lipinski definition) is 3. The van der Waals surface area contributed by atoms with Crippen molar-refractivity contribution in [2.24, 2.45) is 0 Å². The normalized spacial score (nSPS) is 10.2. The summed E-state index contributed by atoms with van der Waals surface area (Å²) in [5, 5.41) is 0. The number of aromatic nitrogens is 1. The van der Waals surface area contributed by atoms with Crippen molar-refractivity contribution in [3.8, 4) is 11.6 Å². The fourth-order valence-electron chi connectivity index (χ4n) is 1.32. The van der Waals surface area contributed by atoms with Crippen molar-refractivity contribution in [2.75, 3.05) is 0 Å². The molecule has 0 unspecified atom stereocenters. The van der Waals surface area contributed by atoms with E-state index >= 15 is 0 Å². The minimum Gasteiger partial charge on any atom is -0.438 e. The summed E-state index contributed by atoms with van der Waals surface area (Å²) in [4.78, 5) is 15.1. The highest BCUT2D eigenvalue weighted by molar-refractivity contribution is 9.10. The summed E-state index contributed by atoms with van der Waals surface area (Å²) >= 11 is 3.20. The smallest absolute Gasteiger partial charge is 0.219 e. The number of rotatable bonds is 3. The number of ether oxygens (including phenoxy) is 1. The van der Waals surface area contributed by atoms with Crippen molar-refractivity contribution in [1.29, 1.82) is 0 Å². The Kier molecular flexibility index (Phi) is 3.72. The van der Waals surface area contributed by atoms with Crippen molar-refractivity contribution in [2.45, 2.75) is 6.92 Å². The molecule has 1 heterocycles. The van der Waals surface area contributed by atoms with Crippen LogP contribution >= 0.6 is 15.9 Å². The molecule has 0 spiro atoms. The minimum atomic E-state index is -0.353. The lowest BCUT2D eigenvalue weighted by Gasteiger charge is -2.06. The molecule has 18 heavy (non-hydrogen) atoms. The first kappa shape index (κ1) is 12.7. The summed E-state index contributed by atoms with van der Waals surface area (Å²) in [5.74, 6) is 0.387. The van der Waals surface area contributed by atoms with Crippen LogP contribution in [0.15, 0.2) is 41.0 Å². The van der Waals surface area contributed by atoms with Gasteiger partial charge in [-0.25, -0.2) is 9.37 Å². The van der Waals surface area contributed by atoms with Crippen LogP contribution in [0.4, 0.5) is 4.39 Å². The standard InChI is InChI=1S/C13H9BrFNO2/c1-8(17)9-2-5-13(16-7-9)18-12-4-3-10(15)6-11(12)14/h2-7H,1H3. The first-order chi connectivity index (χ1) is 8.56. The van der Waals surface area contributed by atoms with E-state index in [1.165, 1.54) is 31.3 Å². The number of halogens is 2. The molecule has 0 atom stereocenters.